The molecule has 1 heterocycles. The van der Waals surface area contributed by atoms with E-state index in [1.54, 1.807) is 54.4 Å². The summed E-state index contributed by atoms with van der Waals surface area (Å²) in [6, 6.07) is 12.2. The highest BCUT2D eigenvalue weighted by atomic mass is 16.5. The molecular weight excluding hydrogens is 344 g/mol. The van der Waals surface area contributed by atoms with Crippen LogP contribution in [0.15, 0.2) is 42.5 Å². The van der Waals surface area contributed by atoms with E-state index in [1.165, 1.54) is 0 Å². The number of hydrogen-bond acceptors (Lipinski definition) is 4. The zero-order chi connectivity index (χ0) is 19.4. The monoisotopic (exact) mass is 366 g/mol. The summed E-state index contributed by atoms with van der Waals surface area (Å²) in [7, 11) is 1.73. The maximum absolute atomic E-state index is 12.4. The number of nitrogens with zero attached hydrogens (tertiary/aromatic N) is 1. The summed E-state index contributed by atoms with van der Waals surface area (Å²) in [6.45, 7) is 2.65. The first kappa shape index (κ1) is 18.6. The van der Waals surface area contributed by atoms with Gasteiger partial charge < -0.3 is 15.0 Å². The van der Waals surface area contributed by atoms with Gasteiger partial charge in [-0.25, -0.2) is 0 Å². The number of ketones is 1. The van der Waals surface area contributed by atoms with Crippen LogP contribution in [0.25, 0.3) is 0 Å². The fraction of sp³-hybridized carbons (Fsp3) is 0.286. The van der Waals surface area contributed by atoms with Crippen molar-refractivity contribution in [2.75, 3.05) is 25.1 Å². The predicted octanol–water partition coefficient (Wildman–Crippen LogP) is 2.61. The average molecular weight is 366 g/mol. The molecule has 1 N–H and O–H groups in total. The molecule has 0 unspecified atom stereocenters. The van der Waals surface area contributed by atoms with E-state index in [4.69, 9.17) is 4.74 Å². The first-order valence-electron chi connectivity index (χ1n) is 8.93. The van der Waals surface area contributed by atoms with Crippen molar-refractivity contribution in [3.8, 4) is 5.75 Å². The van der Waals surface area contributed by atoms with Gasteiger partial charge in [-0.2, -0.15) is 0 Å². The summed E-state index contributed by atoms with van der Waals surface area (Å²) in [5.41, 5.74) is 2.76. The number of benzene rings is 2. The van der Waals surface area contributed by atoms with Crippen molar-refractivity contribution >= 4 is 23.3 Å². The molecule has 0 fully saturated rings. The van der Waals surface area contributed by atoms with Crippen LogP contribution in [0.5, 0.6) is 5.75 Å². The fourth-order valence-corrected chi connectivity index (χ4v) is 3.07. The van der Waals surface area contributed by atoms with E-state index in [-0.39, 0.29) is 30.6 Å². The van der Waals surface area contributed by atoms with Crippen LogP contribution < -0.4 is 15.0 Å². The Bertz CT molecular complexity index is 892. The van der Waals surface area contributed by atoms with E-state index < -0.39 is 0 Å². The van der Waals surface area contributed by atoms with Gasteiger partial charge in [0.05, 0.1) is 13.0 Å². The van der Waals surface area contributed by atoms with Gasteiger partial charge in [0.15, 0.2) is 5.78 Å². The van der Waals surface area contributed by atoms with Crippen molar-refractivity contribution in [2.24, 2.45) is 0 Å². The molecule has 2 aromatic carbocycles. The molecule has 2 amide bonds. The lowest BCUT2D eigenvalue weighted by molar-refractivity contribution is -0.117. The normalized spacial score (nSPS) is 12.7. The number of rotatable bonds is 7. The Balaban J connectivity index is 1.56. The number of likely N-dealkylation sites (N-methyl/N-ethyl adjacent to an activating group) is 1. The van der Waals surface area contributed by atoms with Gasteiger partial charge in [0, 0.05) is 36.8 Å². The van der Waals surface area contributed by atoms with Gasteiger partial charge in [-0.3, -0.25) is 14.4 Å². The minimum Gasteiger partial charge on any atom is -0.494 e. The number of Topliss-reactive ketones (excluding diaryl/α,β-unsaturated/α-hetero) is 1. The third-order valence-corrected chi connectivity index (χ3v) is 4.52. The van der Waals surface area contributed by atoms with Crippen LogP contribution in [-0.4, -0.2) is 37.8 Å². The smallest absolute Gasteiger partial charge is 0.251 e. The second kappa shape index (κ2) is 8.03. The highest BCUT2D eigenvalue weighted by molar-refractivity contribution is 6.03. The standard InChI is InChI=1S/C21H22N2O4/c1-3-27-17-6-4-5-15(12-17)21(26)22-10-9-19(24)14-7-8-18-16(11-14)13-20(25)23(18)2/h4-8,11-12H,3,9-10,13H2,1-2H3,(H,22,26). The average Bonchev–Trinajstić information content (AvgIpc) is 2.95. The Hall–Kier alpha value is -3.15. The van der Waals surface area contributed by atoms with Crippen LogP contribution in [0.2, 0.25) is 0 Å². The van der Waals surface area contributed by atoms with E-state index in [0.29, 0.717) is 29.9 Å². The van der Waals surface area contributed by atoms with Crippen molar-refractivity contribution in [1.82, 2.24) is 5.32 Å². The van der Waals surface area contributed by atoms with Crippen LogP contribution in [-0.2, 0) is 11.2 Å². The van der Waals surface area contributed by atoms with Gasteiger partial charge >= 0.3 is 0 Å². The summed E-state index contributed by atoms with van der Waals surface area (Å²) in [5.74, 6) is 0.351. The van der Waals surface area contributed by atoms with E-state index in [2.05, 4.69) is 5.32 Å². The Morgan fingerprint density at radius 1 is 1.15 bits per heavy atom. The number of amides is 2. The third kappa shape index (κ3) is 4.16. The molecule has 1 aliphatic rings. The topological polar surface area (TPSA) is 75.7 Å². The molecule has 6 nitrogen and oxygen atoms in total. The van der Waals surface area contributed by atoms with Crippen LogP contribution >= 0.6 is 0 Å². The predicted molar refractivity (Wildman–Crippen MR) is 102 cm³/mol. The molecule has 1 aliphatic heterocycles. The van der Waals surface area contributed by atoms with Gasteiger partial charge in [-0.05, 0) is 48.9 Å². The van der Waals surface area contributed by atoms with Crippen LogP contribution in [0.3, 0.4) is 0 Å². The zero-order valence-electron chi connectivity index (χ0n) is 15.5. The minimum atomic E-state index is -0.245. The summed E-state index contributed by atoms with van der Waals surface area (Å²) in [5, 5.41) is 2.76. The van der Waals surface area contributed by atoms with E-state index in [1.807, 2.05) is 6.92 Å². The van der Waals surface area contributed by atoms with Crippen molar-refractivity contribution in [2.45, 2.75) is 19.8 Å². The number of nitrogens with one attached hydrogen (secondary N) is 1. The molecule has 0 saturated carbocycles. The molecule has 0 radical (unpaired) electrons. The van der Waals surface area contributed by atoms with Crippen molar-refractivity contribution < 1.29 is 19.1 Å². The van der Waals surface area contributed by atoms with Crippen LogP contribution in [0.1, 0.15) is 39.6 Å². The van der Waals surface area contributed by atoms with Crippen LogP contribution in [0.4, 0.5) is 5.69 Å². The second-order valence-electron chi connectivity index (χ2n) is 6.36. The minimum absolute atomic E-state index is 0.0242. The Morgan fingerprint density at radius 2 is 1.96 bits per heavy atom. The molecule has 0 spiro atoms. The van der Waals surface area contributed by atoms with Crippen molar-refractivity contribution in [3.05, 3.63) is 59.2 Å². The zero-order valence-corrected chi connectivity index (χ0v) is 15.5. The SMILES string of the molecule is CCOc1cccc(C(=O)NCCC(=O)c2ccc3c(c2)CC(=O)N3C)c1. The fourth-order valence-electron chi connectivity index (χ4n) is 3.07. The molecule has 0 aromatic heterocycles. The van der Waals surface area contributed by atoms with Gasteiger partial charge in [0.1, 0.15) is 5.75 Å². The molecule has 2 aromatic rings. The van der Waals surface area contributed by atoms with Gasteiger partial charge in [-0.15, -0.1) is 0 Å². The van der Waals surface area contributed by atoms with Crippen molar-refractivity contribution in [1.29, 1.82) is 0 Å². The Morgan fingerprint density at radius 3 is 2.74 bits per heavy atom. The quantitative estimate of drug-likeness (QED) is 0.765. The molecule has 27 heavy (non-hydrogen) atoms. The number of anilines is 1. The summed E-state index contributed by atoms with van der Waals surface area (Å²) in [4.78, 5) is 38.0. The molecule has 6 heteroatoms. The summed E-state index contributed by atoms with van der Waals surface area (Å²) < 4.78 is 5.39. The Kier molecular flexibility index (Phi) is 5.54. The number of hydrogen-bond donors (Lipinski definition) is 1. The van der Waals surface area contributed by atoms with Gasteiger partial charge in [0.2, 0.25) is 5.91 Å². The molecular formula is C21H22N2O4. The first-order chi connectivity index (χ1) is 13.0. The maximum atomic E-state index is 12.4. The number of carbonyl (C=O) groups is 3. The molecule has 0 atom stereocenters. The highest BCUT2D eigenvalue weighted by Gasteiger charge is 2.24. The number of ether oxygens (including phenoxy) is 1. The summed E-state index contributed by atoms with van der Waals surface area (Å²) in [6.07, 6.45) is 0.513. The molecule has 0 saturated heterocycles. The van der Waals surface area contributed by atoms with E-state index in [9.17, 15) is 14.4 Å². The number of fused-ring (bicyclic) bond motifs is 1. The molecule has 3 rings (SSSR count). The summed E-state index contributed by atoms with van der Waals surface area (Å²) >= 11 is 0. The largest absolute Gasteiger partial charge is 0.494 e. The molecule has 140 valence electrons. The number of carbonyl (C=O) groups excluding carboxylic acids is 3. The first-order valence-corrected chi connectivity index (χ1v) is 8.93. The third-order valence-electron chi connectivity index (χ3n) is 4.52. The second-order valence-corrected chi connectivity index (χ2v) is 6.36. The molecule has 0 aliphatic carbocycles. The molecule has 0 bridgehead atoms. The van der Waals surface area contributed by atoms with Gasteiger partial charge in [0.25, 0.3) is 5.91 Å². The van der Waals surface area contributed by atoms with Gasteiger partial charge in [-0.1, -0.05) is 6.07 Å². The lowest BCUT2D eigenvalue weighted by atomic mass is 10.0. The lowest BCUT2D eigenvalue weighted by Crippen LogP contribution is -2.26. The Labute approximate surface area is 158 Å². The van der Waals surface area contributed by atoms with E-state index >= 15 is 0 Å². The lowest BCUT2D eigenvalue weighted by Gasteiger charge is -2.10. The maximum Gasteiger partial charge on any atom is 0.251 e. The van der Waals surface area contributed by atoms with Crippen molar-refractivity contribution in [3.63, 3.8) is 0 Å². The highest BCUT2D eigenvalue weighted by Crippen LogP contribution is 2.28. The van der Waals surface area contributed by atoms with E-state index in [0.717, 1.165) is 11.3 Å². The van der Waals surface area contributed by atoms with Crippen LogP contribution in [0, 0.1) is 0 Å².